The van der Waals surface area contributed by atoms with E-state index in [1.807, 2.05) is 25.2 Å². The second kappa shape index (κ2) is 5.48. The van der Waals surface area contributed by atoms with Gasteiger partial charge in [0.2, 0.25) is 12.7 Å². The normalized spacial score (nSPS) is 13.2. The molecule has 0 atom stereocenters. The van der Waals surface area contributed by atoms with Crippen LogP contribution in [-0.2, 0) is 19.6 Å². The molecule has 1 aliphatic heterocycles. The number of rotatable bonds is 5. The van der Waals surface area contributed by atoms with Gasteiger partial charge in [-0.2, -0.15) is 4.98 Å². The van der Waals surface area contributed by atoms with Crippen molar-refractivity contribution in [1.82, 2.24) is 15.0 Å². The van der Waals surface area contributed by atoms with Crippen LogP contribution < -0.4 is 15.2 Å². The quantitative estimate of drug-likeness (QED) is 0.867. The second-order valence-electron chi connectivity index (χ2n) is 4.67. The maximum Gasteiger partial charge on any atom is 0.240 e. The Balaban J connectivity index is 1.62. The molecule has 0 amide bonds. The maximum atomic E-state index is 5.43. The first-order chi connectivity index (χ1) is 9.74. The molecule has 20 heavy (non-hydrogen) atoms. The Kier molecular flexibility index (Phi) is 3.53. The Bertz CT molecular complexity index is 599. The van der Waals surface area contributed by atoms with E-state index in [0.29, 0.717) is 25.1 Å². The molecule has 1 aliphatic rings. The van der Waals surface area contributed by atoms with Crippen molar-refractivity contribution in [2.24, 2.45) is 5.73 Å². The summed E-state index contributed by atoms with van der Waals surface area (Å²) >= 11 is 0. The number of hydrogen-bond acceptors (Lipinski definition) is 7. The number of benzene rings is 1. The molecule has 0 aliphatic carbocycles. The third kappa shape index (κ3) is 2.73. The molecule has 0 fully saturated rings. The van der Waals surface area contributed by atoms with Gasteiger partial charge in [0.25, 0.3) is 0 Å². The van der Waals surface area contributed by atoms with Crippen LogP contribution in [0.5, 0.6) is 11.5 Å². The minimum Gasteiger partial charge on any atom is -0.454 e. The van der Waals surface area contributed by atoms with Crippen LogP contribution in [0.1, 0.15) is 17.3 Å². The molecule has 106 valence electrons. The molecule has 3 rings (SSSR count). The summed E-state index contributed by atoms with van der Waals surface area (Å²) in [7, 11) is 1.99. The Morgan fingerprint density at radius 1 is 1.25 bits per heavy atom. The smallest absolute Gasteiger partial charge is 0.240 e. The van der Waals surface area contributed by atoms with E-state index in [1.165, 1.54) is 0 Å². The van der Waals surface area contributed by atoms with Gasteiger partial charge in [0.05, 0.1) is 13.1 Å². The Morgan fingerprint density at radius 2 is 2.10 bits per heavy atom. The van der Waals surface area contributed by atoms with Crippen LogP contribution in [0, 0.1) is 0 Å². The SMILES string of the molecule is CN(Cc1ccc2c(c1)OCO2)Cc1noc(CN)n1. The van der Waals surface area contributed by atoms with Crippen LogP contribution in [-0.4, -0.2) is 28.9 Å². The van der Waals surface area contributed by atoms with Gasteiger partial charge in [0, 0.05) is 6.54 Å². The van der Waals surface area contributed by atoms with Crippen molar-refractivity contribution >= 4 is 0 Å². The molecule has 0 saturated heterocycles. The van der Waals surface area contributed by atoms with Gasteiger partial charge in [-0.15, -0.1) is 0 Å². The fraction of sp³-hybridized carbons (Fsp3) is 0.385. The largest absolute Gasteiger partial charge is 0.454 e. The second-order valence-corrected chi connectivity index (χ2v) is 4.67. The zero-order chi connectivity index (χ0) is 13.9. The number of hydrogen-bond donors (Lipinski definition) is 1. The van der Waals surface area contributed by atoms with E-state index >= 15 is 0 Å². The van der Waals surface area contributed by atoms with E-state index in [2.05, 4.69) is 15.0 Å². The van der Waals surface area contributed by atoms with E-state index in [1.54, 1.807) is 0 Å². The average molecular weight is 276 g/mol. The van der Waals surface area contributed by atoms with Gasteiger partial charge in [-0.1, -0.05) is 11.2 Å². The third-order valence-electron chi connectivity index (χ3n) is 2.99. The first-order valence-corrected chi connectivity index (χ1v) is 6.33. The van der Waals surface area contributed by atoms with Gasteiger partial charge in [-0.3, -0.25) is 4.90 Å². The molecule has 2 heterocycles. The molecule has 2 N–H and O–H groups in total. The highest BCUT2D eigenvalue weighted by atomic mass is 16.7. The van der Waals surface area contributed by atoms with E-state index < -0.39 is 0 Å². The fourth-order valence-corrected chi connectivity index (χ4v) is 2.09. The molecule has 0 bridgehead atoms. The van der Waals surface area contributed by atoms with Gasteiger partial charge in [-0.05, 0) is 24.7 Å². The zero-order valence-corrected chi connectivity index (χ0v) is 11.2. The predicted octanol–water partition coefficient (Wildman–Crippen LogP) is 0.889. The van der Waals surface area contributed by atoms with Gasteiger partial charge in [-0.25, -0.2) is 0 Å². The van der Waals surface area contributed by atoms with Crippen molar-refractivity contribution in [2.45, 2.75) is 19.6 Å². The van der Waals surface area contributed by atoms with Crippen molar-refractivity contribution in [3.05, 3.63) is 35.5 Å². The fourth-order valence-electron chi connectivity index (χ4n) is 2.09. The standard InChI is InChI=1S/C13H16N4O3/c1-17(7-12-15-13(5-14)20-16-12)6-9-2-3-10-11(4-9)19-8-18-10/h2-4H,5-8,14H2,1H3. The number of ether oxygens (including phenoxy) is 2. The molecule has 7 nitrogen and oxygen atoms in total. The summed E-state index contributed by atoms with van der Waals surface area (Å²) in [4.78, 5) is 6.27. The van der Waals surface area contributed by atoms with Crippen molar-refractivity contribution in [3.8, 4) is 11.5 Å². The first-order valence-electron chi connectivity index (χ1n) is 6.33. The number of nitrogens with zero attached hydrogens (tertiary/aromatic N) is 3. The highest BCUT2D eigenvalue weighted by Gasteiger charge is 2.14. The molecular weight excluding hydrogens is 260 g/mol. The zero-order valence-electron chi connectivity index (χ0n) is 11.2. The lowest BCUT2D eigenvalue weighted by molar-refractivity contribution is 0.174. The van der Waals surface area contributed by atoms with Crippen LogP contribution in [0.25, 0.3) is 0 Å². The van der Waals surface area contributed by atoms with Crippen molar-refractivity contribution in [2.75, 3.05) is 13.8 Å². The molecule has 7 heteroatoms. The first kappa shape index (κ1) is 12.9. The van der Waals surface area contributed by atoms with Crippen molar-refractivity contribution in [3.63, 3.8) is 0 Å². The third-order valence-corrected chi connectivity index (χ3v) is 2.99. The summed E-state index contributed by atoms with van der Waals surface area (Å²) in [6, 6.07) is 5.93. The lowest BCUT2D eigenvalue weighted by Crippen LogP contribution is -2.18. The van der Waals surface area contributed by atoms with E-state index in [-0.39, 0.29) is 6.54 Å². The maximum absolute atomic E-state index is 5.43. The Hall–Kier alpha value is -2.12. The van der Waals surface area contributed by atoms with Gasteiger partial charge >= 0.3 is 0 Å². The summed E-state index contributed by atoms with van der Waals surface area (Å²) in [6.45, 7) is 1.90. The van der Waals surface area contributed by atoms with Crippen LogP contribution in [0.3, 0.4) is 0 Å². The summed E-state index contributed by atoms with van der Waals surface area (Å²) in [6.07, 6.45) is 0. The predicted molar refractivity (Wildman–Crippen MR) is 69.9 cm³/mol. The lowest BCUT2D eigenvalue weighted by Gasteiger charge is -2.14. The monoisotopic (exact) mass is 276 g/mol. The van der Waals surface area contributed by atoms with Crippen LogP contribution in [0.15, 0.2) is 22.7 Å². The highest BCUT2D eigenvalue weighted by Crippen LogP contribution is 2.32. The van der Waals surface area contributed by atoms with Crippen molar-refractivity contribution in [1.29, 1.82) is 0 Å². The van der Waals surface area contributed by atoms with Crippen LogP contribution in [0.4, 0.5) is 0 Å². The van der Waals surface area contributed by atoms with Gasteiger partial charge < -0.3 is 19.7 Å². The van der Waals surface area contributed by atoms with E-state index in [9.17, 15) is 0 Å². The molecule has 1 aromatic carbocycles. The molecular formula is C13H16N4O3. The van der Waals surface area contributed by atoms with Crippen molar-refractivity contribution < 1.29 is 14.0 Å². The molecule has 0 saturated carbocycles. The number of nitrogens with two attached hydrogens (primary N) is 1. The topological polar surface area (TPSA) is 86.6 Å². The Morgan fingerprint density at radius 3 is 2.90 bits per heavy atom. The summed E-state index contributed by atoms with van der Waals surface area (Å²) in [5, 5.41) is 3.87. The van der Waals surface area contributed by atoms with Gasteiger partial charge in [0.15, 0.2) is 17.3 Å². The molecule has 0 unspecified atom stereocenters. The Labute approximate surface area is 116 Å². The summed E-state index contributed by atoms with van der Waals surface area (Å²) in [5.41, 5.74) is 6.57. The number of aromatic nitrogens is 2. The average Bonchev–Trinajstić information content (AvgIpc) is 3.06. The minimum absolute atomic E-state index is 0.263. The van der Waals surface area contributed by atoms with Crippen LogP contribution >= 0.6 is 0 Å². The minimum atomic E-state index is 0.263. The molecule has 2 aromatic rings. The molecule has 0 radical (unpaired) electrons. The van der Waals surface area contributed by atoms with Crippen LogP contribution in [0.2, 0.25) is 0 Å². The van der Waals surface area contributed by atoms with E-state index in [0.717, 1.165) is 23.6 Å². The summed E-state index contributed by atoms with van der Waals surface area (Å²) in [5.74, 6) is 2.67. The molecule has 0 spiro atoms. The van der Waals surface area contributed by atoms with E-state index in [4.69, 9.17) is 19.7 Å². The highest BCUT2D eigenvalue weighted by molar-refractivity contribution is 5.44. The number of fused-ring (bicyclic) bond motifs is 1. The molecule has 1 aromatic heterocycles. The van der Waals surface area contributed by atoms with Gasteiger partial charge in [0.1, 0.15) is 0 Å². The summed E-state index contributed by atoms with van der Waals surface area (Å²) < 4.78 is 15.6. The lowest BCUT2D eigenvalue weighted by atomic mass is 10.2.